The Balaban J connectivity index is 1.65. The smallest absolute Gasteiger partial charge is 0.237 e. The van der Waals surface area contributed by atoms with E-state index >= 15 is 0 Å². The molecule has 0 spiro atoms. The summed E-state index contributed by atoms with van der Waals surface area (Å²) in [6.07, 6.45) is 3.36. The van der Waals surface area contributed by atoms with Gasteiger partial charge in [0.15, 0.2) is 0 Å². The normalized spacial score (nSPS) is 19.1. The molecule has 0 aliphatic carbocycles. The fourth-order valence-corrected chi connectivity index (χ4v) is 3.20. The van der Waals surface area contributed by atoms with Crippen LogP contribution >= 0.6 is 0 Å². The van der Waals surface area contributed by atoms with Crippen LogP contribution in [0.1, 0.15) is 49.6 Å². The van der Waals surface area contributed by atoms with E-state index in [1.165, 1.54) is 24.1 Å². The van der Waals surface area contributed by atoms with Crippen molar-refractivity contribution in [2.75, 3.05) is 26.2 Å². The summed E-state index contributed by atoms with van der Waals surface area (Å²) in [5, 5.41) is 0. The van der Waals surface area contributed by atoms with E-state index in [-0.39, 0.29) is 5.91 Å². The Hall–Kier alpha value is -1.42. The zero-order chi connectivity index (χ0) is 14.8. The second-order valence-corrected chi connectivity index (χ2v) is 6.55. The maximum atomic E-state index is 12.4. The first-order chi connectivity index (χ1) is 10.1. The maximum absolute atomic E-state index is 12.4. The van der Waals surface area contributed by atoms with E-state index in [1.807, 2.05) is 4.90 Å². The molecule has 4 nitrogen and oxygen atoms in total. The van der Waals surface area contributed by atoms with Gasteiger partial charge >= 0.3 is 0 Å². The van der Waals surface area contributed by atoms with Crippen molar-refractivity contribution in [3.8, 4) is 0 Å². The third kappa shape index (κ3) is 3.26. The lowest BCUT2D eigenvalue weighted by Crippen LogP contribution is -2.42. The Kier molecular flexibility index (Phi) is 4.24. The molecule has 1 aromatic rings. The SMILES string of the molecule is CC(C)c1ccc2c(n1)CCN(C(=O)CN1CCCC1)C2. The van der Waals surface area contributed by atoms with Gasteiger partial charge in [0.05, 0.1) is 6.54 Å². The van der Waals surface area contributed by atoms with E-state index in [1.54, 1.807) is 0 Å². The summed E-state index contributed by atoms with van der Waals surface area (Å²) in [7, 11) is 0. The predicted molar refractivity (Wildman–Crippen MR) is 83.1 cm³/mol. The number of amides is 1. The summed E-state index contributed by atoms with van der Waals surface area (Å²) in [4.78, 5) is 21.4. The van der Waals surface area contributed by atoms with Crippen LogP contribution in [-0.4, -0.2) is 46.9 Å². The van der Waals surface area contributed by atoms with Crippen LogP contribution in [0.15, 0.2) is 12.1 Å². The highest BCUT2D eigenvalue weighted by atomic mass is 16.2. The summed E-state index contributed by atoms with van der Waals surface area (Å²) >= 11 is 0. The van der Waals surface area contributed by atoms with Gasteiger partial charge in [0.25, 0.3) is 0 Å². The predicted octanol–water partition coefficient (Wildman–Crippen LogP) is 2.19. The van der Waals surface area contributed by atoms with Gasteiger partial charge in [-0.25, -0.2) is 0 Å². The highest BCUT2D eigenvalue weighted by molar-refractivity contribution is 5.78. The number of nitrogens with zero attached hydrogens (tertiary/aromatic N) is 3. The van der Waals surface area contributed by atoms with Crippen molar-refractivity contribution in [2.45, 2.75) is 45.6 Å². The third-order valence-electron chi connectivity index (χ3n) is 4.57. The molecule has 2 aliphatic rings. The van der Waals surface area contributed by atoms with Gasteiger partial charge in [-0.15, -0.1) is 0 Å². The number of aromatic nitrogens is 1. The molecular formula is C17H25N3O. The minimum Gasteiger partial charge on any atom is -0.337 e. The number of rotatable bonds is 3. The first-order valence-electron chi connectivity index (χ1n) is 8.12. The number of carbonyl (C=O) groups excluding carboxylic acids is 1. The van der Waals surface area contributed by atoms with Crippen molar-refractivity contribution in [2.24, 2.45) is 0 Å². The van der Waals surface area contributed by atoms with E-state index in [2.05, 4.69) is 30.9 Å². The van der Waals surface area contributed by atoms with E-state index in [0.29, 0.717) is 12.5 Å². The first kappa shape index (κ1) is 14.5. The van der Waals surface area contributed by atoms with Crippen LogP contribution in [0.2, 0.25) is 0 Å². The van der Waals surface area contributed by atoms with Crippen LogP contribution < -0.4 is 0 Å². The molecule has 0 N–H and O–H groups in total. The van der Waals surface area contributed by atoms with Crippen LogP contribution in [-0.2, 0) is 17.8 Å². The number of fused-ring (bicyclic) bond motifs is 1. The molecule has 0 aromatic carbocycles. The Morgan fingerprint density at radius 2 is 2.00 bits per heavy atom. The molecule has 1 amide bonds. The fraction of sp³-hybridized carbons (Fsp3) is 0.647. The van der Waals surface area contributed by atoms with Gasteiger partial charge in [0, 0.05) is 30.9 Å². The molecule has 0 saturated carbocycles. The Labute approximate surface area is 127 Å². The molecule has 3 heterocycles. The van der Waals surface area contributed by atoms with Gasteiger partial charge in [-0.2, -0.15) is 0 Å². The minimum atomic E-state index is 0.274. The van der Waals surface area contributed by atoms with Gasteiger partial charge in [0.1, 0.15) is 0 Å². The van der Waals surface area contributed by atoms with E-state index < -0.39 is 0 Å². The number of likely N-dealkylation sites (tertiary alicyclic amines) is 1. The molecule has 0 atom stereocenters. The van der Waals surface area contributed by atoms with Crippen molar-refractivity contribution in [1.82, 2.24) is 14.8 Å². The van der Waals surface area contributed by atoms with Crippen molar-refractivity contribution >= 4 is 5.91 Å². The molecular weight excluding hydrogens is 262 g/mol. The maximum Gasteiger partial charge on any atom is 0.237 e. The molecule has 2 aliphatic heterocycles. The van der Waals surface area contributed by atoms with Crippen LogP contribution in [0, 0.1) is 0 Å². The van der Waals surface area contributed by atoms with Gasteiger partial charge in [-0.05, 0) is 43.5 Å². The lowest BCUT2D eigenvalue weighted by molar-refractivity contribution is -0.133. The number of carbonyl (C=O) groups is 1. The molecule has 21 heavy (non-hydrogen) atoms. The summed E-state index contributed by atoms with van der Waals surface area (Å²) in [5.41, 5.74) is 3.57. The highest BCUT2D eigenvalue weighted by Crippen LogP contribution is 2.21. The standard InChI is InChI=1S/C17H25N3O/c1-13(2)15-6-5-14-11-20(10-7-16(14)18-15)17(21)12-19-8-3-4-9-19/h5-6,13H,3-4,7-12H2,1-2H3. The van der Waals surface area contributed by atoms with Crippen molar-refractivity contribution in [1.29, 1.82) is 0 Å². The van der Waals surface area contributed by atoms with Crippen LogP contribution in [0.3, 0.4) is 0 Å². The molecule has 1 aromatic heterocycles. The largest absolute Gasteiger partial charge is 0.337 e. The summed E-state index contributed by atoms with van der Waals surface area (Å²) in [6, 6.07) is 4.27. The summed E-state index contributed by atoms with van der Waals surface area (Å²) in [6.45, 7) is 8.63. The quantitative estimate of drug-likeness (QED) is 0.855. The molecule has 3 rings (SSSR count). The van der Waals surface area contributed by atoms with E-state index in [4.69, 9.17) is 4.98 Å². The molecule has 114 valence electrons. The van der Waals surface area contributed by atoms with E-state index in [0.717, 1.165) is 38.3 Å². The zero-order valence-electron chi connectivity index (χ0n) is 13.1. The van der Waals surface area contributed by atoms with Gasteiger partial charge < -0.3 is 4.90 Å². The number of hydrogen-bond acceptors (Lipinski definition) is 3. The highest BCUT2D eigenvalue weighted by Gasteiger charge is 2.24. The lowest BCUT2D eigenvalue weighted by Gasteiger charge is -2.30. The Morgan fingerprint density at radius 3 is 2.71 bits per heavy atom. The molecule has 1 fully saturated rings. The van der Waals surface area contributed by atoms with Crippen LogP contribution in [0.5, 0.6) is 0 Å². The van der Waals surface area contributed by atoms with Crippen LogP contribution in [0.4, 0.5) is 0 Å². The number of pyridine rings is 1. The van der Waals surface area contributed by atoms with Crippen LogP contribution in [0.25, 0.3) is 0 Å². The monoisotopic (exact) mass is 287 g/mol. The Morgan fingerprint density at radius 1 is 1.24 bits per heavy atom. The second-order valence-electron chi connectivity index (χ2n) is 6.55. The van der Waals surface area contributed by atoms with Crippen molar-refractivity contribution in [3.63, 3.8) is 0 Å². The van der Waals surface area contributed by atoms with Gasteiger partial charge in [-0.1, -0.05) is 19.9 Å². The second kappa shape index (κ2) is 6.14. The molecule has 4 heteroatoms. The minimum absolute atomic E-state index is 0.274. The van der Waals surface area contributed by atoms with E-state index in [9.17, 15) is 4.79 Å². The summed E-state index contributed by atoms with van der Waals surface area (Å²) < 4.78 is 0. The first-order valence-corrected chi connectivity index (χ1v) is 8.12. The van der Waals surface area contributed by atoms with Gasteiger partial charge in [0.2, 0.25) is 5.91 Å². The average Bonchev–Trinajstić information content (AvgIpc) is 2.99. The molecule has 0 bridgehead atoms. The topological polar surface area (TPSA) is 36.4 Å². The lowest BCUT2D eigenvalue weighted by atomic mass is 10.0. The van der Waals surface area contributed by atoms with Crippen molar-refractivity contribution in [3.05, 3.63) is 29.1 Å². The van der Waals surface area contributed by atoms with Crippen molar-refractivity contribution < 1.29 is 4.79 Å². The Bertz CT molecular complexity index is 521. The number of hydrogen-bond donors (Lipinski definition) is 0. The zero-order valence-corrected chi connectivity index (χ0v) is 13.1. The average molecular weight is 287 g/mol. The van der Waals surface area contributed by atoms with Gasteiger partial charge in [-0.3, -0.25) is 14.7 Å². The summed E-state index contributed by atoms with van der Waals surface area (Å²) in [5.74, 6) is 0.737. The fourth-order valence-electron chi connectivity index (χ4n) is 3.20. The molecule has 0 unspecified atom stereocenters. The third-order valence-corrected chi connectivity index (χ3v) is 4.57. The molecule has 1 saturated heterocycles. The molecule has 0 radical (unpaired) electrons.